The van der Waals surface area contributed by atoms with E-state index in [2.05, 4.69) is 16.8 Å². The van der Waals surface area contributed by atoms with Gasteiger partial charge in [0.25, 0.3) is 0 Å². The molecule has 2 rings (SSSR count). The number of aldehydes is 1. The van der Waals surface area contributed by atoms with E-state index in [9.17, 15) is 4.79 Å². The Hall–Kier alpha value is -1.67. The lowest BCUT2D eigenvalue weighted by atomic mass is 10.1. The summed E-state index contributed by atoms with van der Waals surface area (Å²) >= 11 is 0. The van der Waals surface area contributed by atoms with Crippen LogP contribution >= 0.6 is 0 Å². The zero-order chi connectivity index (χ0) is 18.1. The summed E-state index contributed by atoms with van der Waals surface area (Å²) in [5.74, 6) is 1.17. The molecular formula is C18H28N2O5. The number of carbonyl (C=O) groups is 1. The summed E-state index contributed by atoms with van der Waals surface area (Å²) in [4.78, 5) is 15.9. The summed E-state index contributed by atoms with van der Waals surface area (Å²) in [6.07, 6.45) is 0.828. The van der Waals surface area contributed by atoms with Crippen molar-refractivity contribution >= 4 is 6.29 Å². The van der Waals surface area contributed by atoms with Crippen molar-refractivity contribution in [1.82, 2.24) is 9.80 Å². The van der Waals surface area contributed by atoms with Crippen LogP contribution < -0.4 is 9.47 Å². The van der Waals surface area contributed by atoms with Gasteiger partial charge in [-0.1, -0.05) is 0 Å². The Balaban J connectivity index is 2.11. The number of hydrogen-bond donors (Lipinski definition) is 0. The van der Waals surface area contributed by atoms with Gasteiger partial charge in [0.05, 0.1) is 20.3 Å². The fourth-order valence-corrected chi connectivity index (χ4v) is 2.73. The lowest BCUT2D eigenvalue weighted by molar-refractivity contribution is -0.0102. The third kappa shape index (κ3) is 5.97. The first-order valence-corrected chi connectivity index (χ1v) is 8.44. The first kappa shape index (κ1) is 19.7. The van der Waals surface area contributed by atoms with Crippen LogP contribution in [0.15, 0.2) is 12.1 Å². The van der Waals surface area contributed by atoms with Crippen molar-refractivity contribution < 1.29 is 23.7 Å². The maximum absolute atomic E-state index is 11.3. The molecule has 1 aromatic rings. The quantitative estimate of drug-likeness (QED) is 0.357. The molecule has 1 aliphatic heterocycles. The molecule has 25 heavy (non-hydrogen) atoms. The van der Waals surface area contributed by atoms with Crippen LogP contribution in [-0.2, 0) is 16.0 Å². The minimum atomic E-state index is 0.107. The summed E-state index contributed by atoms with van der Waals surface area (Å²) in [6, 6.07) is 3.54. The van der Waals surface area contributed by atoms with E-state index < -0.39 is 0 Å². The fourth-order valence-electron chi connectivity index (χ4n) is 2.73. The van der Waals surface area contributed by atoms with Crippen LogP contribution in [0.3, 0.4) is 0 Å². The predicted octanol–water partition coefficient (Wildman–Crippen LogP) is 1.25. The number of carbonyl (C=O) groups excluding carboxylic acids is 1. The molecule has 0 atom stereocenters. The smallest absolute Gasteiger partial charge is 0.189 e. The molecule has 7 heteroatoms. The number of benzene rings is 1. The van der Waals surface area contributed by atoms with Crippen molar-refractivity contribution in [3.05, 3.63) is 23.3 Å². The molecule has 1 saturated heterocycles. The lowest BCUT2D eigenvalue weighted by Crippen LogP contribution is -2.43. The second-order valence-electron chi connectivity index (χ2n) is 6.07. The summed E-state index contributed by atoms with van der Waals surface area (Å²) in [5, 5.41) is 0. The van der Waals surface area contributed by atoms with Crippen LogP contribution in [0.1, 0.15) is 15.9 Å². The Labute approximate surface area is 149 Å². The second kappa shape index (κ2) is 10.4. The van der Waals surface area contributed by atoms with Gasteiger partial charge in [0.15, 0.2) is 18.3 Å². The molecular weight excluding hydrogens is 324 g/mol. The Morgan fingerprint density at radius 2 is 1.88 bits per heavy atom. The second-order valence-corrected chi connectivity index (χ2v) is 6.07. The molecule has 0 bridgehead atoms. The van der Waals surface area contributed by atoms with E-state index in [0.29, 0.717) is 36.8 Å². The Kier molecular flexibility index (Phi) is 8.14. The highest BCUT2D eigenvalue weighted by Gasteiger charge is 2.19. The van der Waals surface area contributed by atoms with Gasteiger partial charge in [-0.2, -0.15) is 0 Å². The monoisotopic (exact) mass is 352 g/mol. The van der Waals surface area contributed by atoms with Crippen LogP contribution in [0.25, 0.3) is 0 Å². The van der Waals surface area contributed by atoms with Crippen molar-refractivity contribution in [2.75, 3.05) is 67.5 Å². The van der Waals surface area contributed by atoms with E-state index in [0.717, 1.165) is 38.0 Å². The number of rotatable bonds is 10. The number of piperazine rings is 1. The largest absolute Gasteiger partial charge is 0.493 e. The normalized spacial score (nSPS) is 16.0. The molecule has 7 nitrogen and oxygen atoms in total. The third-order valence-corrected chi connectivity index (χ3v) is 4.22. The van der Waals surface area contributed by atoms with Crippen molar-refractivity contribution in [1.29, 1.82) is 0 Å². The van der Waals surface area contributed by atoms with Gasteiger partial charge in [-0.3, -0.25) is 9.69 Å². The van der Waals surface area contributed by atoms with Crippen molar-refractivity contribution in [2.45, 2.75) is 6.54 Å². The highest BCUT2D eigenvalue weighted by Crippen LogP contribution is 2.33. The summed E-state index contributed by atoms with van der Waals surface area (Å²) in [6.45, 7) is 5.80. The topological polar surface area (TPSA) is 60.5 Å². The zero-order valence-electron chi connectivity index (χ0n) is 15.3. The molecule has 0 unspecified atom stereocenters. The predicted molar refractivity (Wildman–Crippen MR) is 94.5 cm³/mol. The van der Waals surface area contributed by atoms with E-state index in [1.807, 2.05) is 6.07 Å². The minimum absolute atomic E-state index is 0.107. The third-order valence-electron chi connectivity index (χ3n) is 4.22. The first-order valence-electron chi connectivity index (χ1n) is 8.44. The molecule has 0 radical (unpaired) electrons. The van der Waals surface area contributed by atoms with Crippen LogP contribution in [0.5, 0.6) is 11.5 Å². The van der Waals surface area contributed by atoms with Crippen LogP contribution in [0.4, 0.5) is 0 Å². The lowest BCUT2D eigenvalue weighted by Gasteiger charge is -2.32. The molecule has 0 aromatic heterocycles. The zero-order valence-corrected chi connectivity index (χ0v) is 15.3. The van der Waals surface area contributed by atoms with Gasteiger partial charge in [0, 0.05) is 51.0 Å². The molecule has 0 saturated carbocycles. The average molecular weight is 352 g/mol. The molecule has 140 valence electrons. The maximum atomic E-state index is 11.3. The van der Waals surface area contributed by atoms with E-state index in [1.165, 1.54) is 0 Å². The number of nitrogens with zero attached hydrogens (tertiary/aromatic N) is 2. The number of ether oxygens (including phenoxy) is 4. The highest BCUT2D eigenvalue weighted by molar-refractivity contribution is 5.77. The van der Waals surface area contributed by atoms with Crippen molar-refractivity contribution in [3.63, 3.8) is 0 Å². The summed E-state index contributed by atoms with van der Waals surface area (Å²) in [5.41, 5.74) is 1.51. The molecule has 0 aliphatic carbocycles. The Morgan fingerprint density at radius 3 is 2.52 bits per heavy atom. The Bertz CT molecular complexity index is 545. The van der Waals surface area contributed by atoms with Crippen molar-refractivity contribution in [3.8, 4) is 11.5 Å². The van der Waals surface area contributed by atoms with Crippen molar-refractivity contribution in [2.24, 2.45) is 0 Å². The van der Waals surface area contributed by atoms with E-state index in [-0.39, 0.29) is 6.79 Å². The Morgan fingerprint density at radius 1 is 1.12 bits per heavy atom. The van der Waals surface area contributed by atoms with Gasteiger partial charge in [-0.15, -0.1) is 0 Å². The SMILES string of the molecule is COCCOCOc1c(CN2CCN(C)CC2)cc(C=O)cc1OC. The highest BCUT2D eigenvalue weighted by atomic mass is 16.7. The molecule has 1 aromatic carbocycles. The molecule has 1 aliphatic rings. The van der Waals surface area contributed by atoms with Gasteiger partial charge in [0.2, 0.25) is 0 Å². The maximum Gasteiger partial charge on any atom is 0.189 e. The van der Waals surface area contributed by atoms with Gasteiger partial charge >= 0.3 is 0 Å². The molecule has 1 fully saturated rings. The summed E-state index contributed by atoms with van der Waals surface area (Å²) in [7, 11) is 5.32. The number of likely N-dealkylation sites (N-methyl/N-ethyl adjacent to an activating group) is 1. The summed E-state index contributed by atoms with van der Waals surface area (Å²) < 4.78 is 21.6. The minimum Gasteiger partial charge on any atom is -0.493 e. The average Bonchev–Trinajstić information content (AvgIpc) is 2.63. The molecule has 0 N–H and O–H groups in total. The van der Waals surface area contributed by atoms with Crippen LogP contribution in [0, 0.1) is 0 Å². The first-order chi connectivity index (χ1) is 12.2. The fraction of sp³-hybridized carbons (Fsp3) is 0.611. The van der Waals surface area contributed by atoms with E-state index in [4.69, 9.17) is 18.9 Å². The van der Waals surface area contributed by atoms with Gasteiger partial charge in [-0.25, -0.2) is 0 Å². The molecule has 1 heterocycles. The van der Waals surface area contributed by atoms with Gasteiger partial charge in [0.1, 0.15) is 6.29 Å². The van der Waals surface area contributed by atoms with Gasteiger partial charge in [-0.05, 0) is 19.2 Å². The standard InChI is InChI=1S/C18H28N2O5/c1-19-4-6-20(7-5-19)12-16-10-15(13-21)11-17(23-3)18(16)25-14-24-9-8-22-2/h10-11,13H,4-9,12,14H2,1-3H3. The number of hydrogen-bond acceptors (Lipinski definition) is 7. The van der Waals surface area contributed by atoms with Crippen LogP contribution in [0.2, 0.25) is 0 Å². The van der Waals surface area contributed by atoms with Gasteiger partial charge < -0.3 is 23.8 Å². The molecule has 0 spiro atoms. The van der Waals surface area contributed by atoms with Crippen LogP contribution in [-0.4, -0.2) is 83.5 Å². The molecule has 0 amide bonds. The van der Waals surface area contributed by atoms with E-state index in [1.54, 1.807) is 20.3 Å². The number of methoxy groups -OCH3 is 2. The van der Waals surface area contributed by atoms with E-state index >= 15 is 0 Å².